The maximum atomic E-state index is 10.7. The minimum absolute atomic E-state index is 0.0825. The summed E-state index contributed by atoms with van der Waals surface area (Å²) in [6.45, 7) is 2.03. The molecule has 4 rings (SSSR count). The fraction of sp³-hybridized carbons (Fsp3) is 0.423. The molecule has 4 N–H and O–H groups in total. The number of benzene rings is 2. The first-order chi connectivity index (χ1) is 15.5. The molecular weight excluding hydrogens is 402 g/mol. The summed E-state index contributed by atoms with van der Waals surface area (Å²) in [5, 5.41) is 11.5. The largest absolute Gasteiger partial charge is 0.494 e. The van der Waals surface area contributed by atoms with Crippen LogP contribution >= 0.6 is 0 Å². The van der Waals surface area contributed by atoms with Gasteiger partial charge in [0.25, 0.3) is 0 Å². The van der Waals surface area contributed by atoms with Gasteiger partial charge in [-0.1, -0.05) is 38.3 Å². The Bertz CT molecular complexity index is 1100. The molecule has 170 valence electrons. The van der Waals surface area contributed by atoms with E-state index in [1.807, 2.05) is 31.2 Å². The smallest absolute Gasteiger partial charge is 0.198 e. The topological polar surface area (TPSA) is 92.9 Å². The van der Waals surface area contributed by atoms with E-state index in [1.54, 1.807) is 14.2 Å². The molecule has 1 saturated carbocycles. The molecule has 0 bridgehead atoms. The summed E-state index contributed by atoms with van der Waals surface area (Å²) < 4.78 is 10.8. The lowest BCUT2D eigenvalue weighted by Gasteiger charge is -2.27. The monoisotopic (exact) mass is 435 g/mol. The second-order valence-corrected chi connectivity index (χ2v) is 8.53. The van der Waals surface area contributed by atoms with Crippen molar-refractivity contribution in [2.75, 3.05) is 14.2 Å². The Balaban J connectivity index is 1.65. The van der Waals surface area contributed by atoms with Crippen LogP contribution in [-0.2, 0) is 0 Å². The number of ether oxygens (including phenoxy) is 2. The number of hydrogen-bond acceptors (Lipinski definition) is 5. The number of hydrogen-bond donors (Lipinski definition) is 3. The minimum Gasteiger partial charge on any atom is -0.494 e. The zero-order chi connectivity index (χ0) is 22.7. The molecule has 1 aromatic heterocycles. The predicted octanol–water partition coefficient (Wildman–Crippen LogP) is 6.00. The molecule has 0 radical (unpaired) electrons. The van der Waals surface area contributed by atoms with Crippen molar-refractivity contribution in [2.45, 2.75) is 51.5 Å². The maximum Gasteiger partial charge on any atom is 0.198 e. The van der Waals surface area contributed by atoms with Gasteiger partial charge in [-0.05, 0) is 48.9 Å². The van der Waals surface area contributed by atoms with Crippen LogP contribution in [0.3, 0.4) is 0 Å². The lowest BCUT2D eigenvalue weighted by atomic mass is 9.81. The van der Waals surface area contributed by atoms with E-state index in [0.29, 0.717) is 29.4 Å². The van der Waals surface area contributed by atoms with Gasteiger partial charge in [0.15, 0.2) is 17.4 Å². The van der Waals surface area contributed by atoms with Crippen LogP contribution in [0.1, 0.15) is 62.6 Å². The van der Waals surface area contributed by atoms with Crippen LogP contribution in [0.25, 0.3) is 10.9 Å². The zero-order valence-electron chi connectivity index (χ0n) is 19.1. The Kier molecular flexibility index (Phi) is 6.70. The molecule has 1 aliphatic rings. The van der Waals surface area contributed by atoms with Crippen molar-refractivity contribution < 1.29 is 14.6 Å². The molecular formula is C26H33N3O3. The van der Waals surface area contributed by atoms with Crippen LogP contribution in [-0.4, -0.2) is 30.0 Å². The Morgan fingerprint density at radius 2 is 1.75 bits per heavy atom. The van der Waals surface area contributed by atoms with Crippen molar-refractivity contribution >= 4 is 22.3 Å². The Labute approximate surface area is 189 Å². The zero-order valence-corrected chi connectivity index (χ0v) is 19.1. The molecule has 6 nitrogen and oxygen atoms in total. The molecule has 32 heavy (non-hydrogen) atoms. The fourth-order valence-corrected chi connectivity index (χ4v) is 4.80. The number of H-pyrrole nitrogens is 1. The van der Waals surface area contributed by atoms with Crippen LogP contribution in [0.4, 0.5) is 5.69 Å². The number of aromatic nitrogens is 1. The summed E-state index contributed by atoms with van der Waals surface area (Å²) in [6, 6.07) is 12.0. The molecule has 0 aliphatic heterocycles. The normalized spacial score (nSPS) is 16.3. The first-order valence-corrected chi connectivity index (χ1v) is 11.5. The maximum absolute atomic E-state index is 10.7. The van der Waals surface area contributed by atoms with Crippen molar-refractivity contribution in [3.05, 3.63) is 47.5 Å². The number of aliphatic imine (C=N–C) groups is 1. The third kappa shape index (κ3) is 4.32. The second kappa shape index (κ2) is 9.65. The van der Waals surface area contributed by atoms with E-state index in [0.717, 1.165) is 22.3 Å². The highest BCUT2D eigenvalue weighted by Crippen LogP contribution is 2.38. The van der Waals surface area contributed by atoms with Gasteiger partial charge in [0.1, 0.15) is 0 Å². The number of nitrogens with zero attached hydrogens (tertiary/aromatic N) is 1. The summed E-state index contributed by atoms with van der Waals surface area (Å²) >= 11 is 0. The summed E-state index contributed by atoms with van der Waals surface area (Å²) in [6.07, 6.45) is 7.00. The molecule has 3 aromatic rings. The first-order valence-electron chi connectivity index (χ1n) is 11.5. The molecule has 0 saturated heterocycles. The predicted molar refractivity (Wildman–Crippen MR) is 130 cm³/mol. The number of methoxy groups -OCH3 is 2. The van der Waals surface area contributed by atoms with Gasteiger partial charge in [-0.2, -0.15) is 0 Å². The lowest BCUT2D eigenvalue weighted by Crippen LogP contribution is -2.23. The Morgan fingerprint density at radius 3 is 2.38 bits per heavy atom. The number of aromatic amines is 1. The molecule has 1 aliphatic carbocycles. The number of nitrogens with one attached hydrogen (secondary N) is 1. The summed E-state index contributed by atoms with van der Waals surface area (Å²) in [7, 11) is 3.19. The number of nitrogens with two attached hydrogens (primary N) is 1. The first kappa shape index (κ1) is 22.2. The van der Waals surface area contributed by atoms with Crippen LogP contribution in [0.15, 0.2) is 41.4 Å². The number of rotatable bonds is 7. The molecule has 0 amide bonds. The Hall–Kier alpha value is -2.99. The van der Waals surface area contributed by atoms with E-state index >= 15 is 0 Å². The highest BCUT2D eigenvalue weighted by Gasteiger charge is 2.22. The average Bonchev–Trinajstić information content (AvgIpc) is 3.16. The van der Waals surface area contributed by atoms with Gasteiger partial charge in [0.05, 0.1) is 36.7 Å². The Morgan fingerprint density at radius 1 is 1.09 bits per heavy atom. The van der Waals surface area contributed by atoms with Gasteiger partial charge in [-0.3, -0.25) is 4.99 Å². The minimum atomic E-state index is 0.0825. The molecule has 6 heteroatoms. The van der Waals surface area contributed by atoms with Crippen molar-refractivity contribution in [1.29, 1.82) is 0 Å². The summed E-state index contributed by atoms with van der Waals surface area (Å²) in [5.74, 6) is 1.87. The van der Waals surface area contributed by atoms with Crippen molar-refractivity contribution in [1.82, 2.24) is 4.98 Å². The van der Waals surface area contributed by atoms with E-state index in [4.69, 9.17) is 20.2 Å². The molecule has 0 spiro atoms. The van der Waals surface area contributed by atoms with Crippen LogP contribution in [0, 0.1) is 5.92 Å². The number of aromatic hydroxyl groups is 1. The van der Waals surface area contributed by atoms with E-state index < -0.39 is 0 Å². The molecule has 1 fully saturated rings. The van der Waals surface area contributed by atoms with E-state index in [-0.39, 0.29) is 11.9 Å². The summed E-state index contributed by atoms with van der Waals surface area (Å²) in [4.78, 5) is 7.90. The SMILES string of the molecule is CCC(=Nc1ccc(C(N)C2CCCCC2)cc1)c1c(O)[nH]c2cc(OC)c(OC)cc12. The van der Waals surface area contributed by atoms with Crippen LogP contribution in [0.5, 0.6) is 17.4 Å². The van der Waals surface area contributed by atoms with Crippen LogP contribution in [0.2, 0.25) is 0 Å². The molecule has 1 unspecified atom stereocenters. The third-order valence-electron chi connectivity index (χ3n) is 6.61. The van der Waals surface area contributed by atoms with E-state index in [2.05, 4.69) is 17.1 Å². The van der Waals surface area contributed by atoms with Gasteiger partial charge in [0, 0.05) is 17.5 Å². The quantitative estimate of drug-likeness (QED) is 0.397. The average molecular weight is 436 g/mol. The van der Waals surface area contributed by atoms with Crippen LogP contribution < -0.4 is 15.2 Å². The third-order valence-corrected chi connectivity index (χ3v) is 6.61. The molecule has 1 atom stereocenters. The van der Waals surface area contributed by atoms with Gasteiger partial charge in [-0.15, -0.1) is 0 Å². The standard InChI is InChI=1S/C26H33N3O3/c1-4-20(24-19-14-22(31-2)23(32-3)15-21(19)29-26(24)30)28-18-12-10-17(11-13-18)25(27)16-8-6-5-7-9-16/h10-16,25,29-30H,4-9,27H2,1-3H3. The van der Waals surface area contributed by atoms with Crippen molar-refractivity contribution in [3.8, 4) is 17.4 Å². The van der Waals surface area contributed by atoms with E-state index in [1.165, 1.54) is 37.7 Å². The lowest BCUT2D eigenvalue weighted by molar-refractivity contribution is 0.308. The number of fused-ring (bicyclic) bond motifs is 1. The second-order valence-electron chi connectivity index (χ2n) is 8.53. The molecule has 1 heterocycles. The van der Waals surface area contributed by atoms with Crippen molar-refractivity contribution in [2.24, 2.45) is 16.6 Å². The summed E-state index contributed by atoms with van der Waals surface area (Å²) in [5.41, 5.74) is 10.8. The van der Waals surface area contributed by atoms with Gasteiger partial charge in [0.2, 0.25) is 0 Å². The van der Waals surface area contributed by atoms with E-state index in [9.17, 15) is 5.11 Å². The van der Waals surface area contributed by atoms with Gasteiger partial charge < -0.3 is 25.3 Å². The molecule has 2 aromatic carbocycles. The highest BCUT2D eigenvalue weighted by atomic mass is 16.5. The highest BCUT2D eigenvalue weighted by molar-refractivity contribution is 6.14. The van der Waals surface area contributed by atoms with Gasteiger partial charge in [-0.25, -0.2) is 0 Å². The fourth-order valence-electron chi connectivity index (χ4n) is 4.80. The van der Waals surface area contributed by atoms with Crippen molar-refractivity contribution in [3.63, 3.8) is 0 Å². The van der Waals surface area contributed by atoms with Gasteiger partial charge >= 0.3 is 0 Å².